The van der Waals surface area contributed by atoms with Crippen LogP contribution in [0.25, 0.3) is 0 Å². The Balaban J connectivity index is 1.60. The molecule has 1 fully saturated rings. The van der Waals surface area contributed by atoms with Crippen molar-refractivity contribution < 1.29 is 14.3 Å². The minimum atomic E-state index is -0.0560. The first-order valence-electron chi connectivity index (χ1n) is 11.5. The van der Waals surface area contributed by atoms with E-state index in [1.807, 2.05) is 44.0 Å². The van der Waals surface area contributed by atoms with Crippen LogP contribution in [0, 0.1) is 13.8 Å². The molecular weight excluding hydrogens is 404 g/mol. The standard InChI is InChI=1S/C25H32N4O3/c1-17-20(15-26-18(2)27-17)25(31)29-14-8-12-21-22(29)11-6-4-9-19-10-5-7-13-23(19)32-16-24(30)28(21)3/h5,7,10,13,15,21-22H,4,6,8-9,11-12,14,16H2,1-3H3/t21-,22-/m1/s1. The smallest absolute Gasteiger partial charge is 0.260 e. The minimum absolute atomic E-state index is 0.00951. The van der Waals surface area contributed by atoms with Crippen LogP contribution < -0.4 is 4.74 Å². The van der Waals surface area contributed by atoms with E-state index in [4.69, 9.17) is 4.74 Å². The zero-order chi connectivity index (χ0) is 22.7. The molecule has 2 atom stereocenters. The third-order valence-electron chi connectivity index (χ3n) is 6.75. The third-order valence-corrected chi connectivity index (χ3v) is 6.75. The molecule has 0 unspecified atom stereocenters. The molecule has 4 rings (SSSR count). The van der Waals surface area contributed by atoms with Gasteiger partial charge in [-0.15, -0.1) is 0 Å². The van der Waals surface area contributed by atoms with Crippen molar-refractivity contribution in [2.45, 2.75) is 64.5 Å². The fraction of sp³-hybridized carbons (Fsp3) is 0.520. The van der Waals surface area contributed by atoms with Crippen LogP contribution in [0.2, 0.25) is 0 Å². The average Bonchev–Trinajstić information content (AvgIpc) is 2.79. The van der Waals surface area contributed by atoms with Crippen molar-refractivity contribution in [1.82, 2.24) is 19.8 Å². The fourth-order valence-corrected chi connectivity index (χ4v) is 4.98. The first kappa shape index (κ1) is 22.2. The maximum absolute atomic E-state index is 13.5. The second-order valence-corrected chi connectivity index (χ2v) is 8.84. The molecule has 0 bridgehead atoms. The van der Waals surface area contributed by atoms with Crippen LogP contribution in [-0.4, -0.2) is 63.9 Å². The molecule has 1 aromatic heterocycles. The quantitative estimate of drug-likeness (QED) is 0.685. The SMILES string of the molecule is Cc1ncc(C(=O)N2CCC[C@@H]3[C@H]2CCCCc2ccccc2OCC(=O)N3C)c(C)n1. The van der Waals surface area contributed by atoms with Gasteiger partial charge in [0.05, 0.1) is 23.3 Å². The number of carbonyl (C=O) groups is 2. The van der Waals surface area contributed by atoms with Crippen LogP contribution in [0.1, 0.15) is 59.5 Å². The molecule has 0 radical (unpaired) electrons. The molecule has 3 heterocycles. The summed E-state index contributed by atoms with van der Waals surface area (Å²) in [5, 5.41) is 0. The Labute approximate surface area is 189 Å². The molecule has 0 N–H and O–H groups in total. The molecule has 2 aliphatic heterocycles. The Morgan fingerprint density at radius 2 is 1.88 bits per heavy atom. The van der Waals surface area contributed by atoms with Crippen molar-refractivity contribution in [1.29, 1.82) is 0 Å². The number of piperidine rings is 1. The number of hydrogen-bond donors (Lipinski definition) is 0. The Hall–Kier alpha value is -2.96. The number of carbonyl (C=O) groups excluding carboxylic acids is 2. The number of nitrogens with zero attached hydrogens (tertiary/aromatic N) is 4. The topological polar surface area (TPSA) is 75.6 Å². The Morgan fingerprint density at radius 3 is 2.69 bits per heavy atom. The van der Waals surface area contributed by atoms with E-state index in [1.54, 1.807) is 11.1 Å². The molecule has 170 valence electrons. The van der Waals surface area contributed by atoms with E-state index in [9.17, 15) is 9.59 Å². The second kappa shape index (κ2) is 9.67. The highest BCUT2D eigenvalue weighted by atomic mass is 16.5. The van der Waals surface area contributed by atoms with Gasteiger partial charge in [-0.3, -0.25) is 9.59 Å². The van der Waals surface area contributed by atoms with Crippen LogP contribution in [0.3, 0.4) is 0 Å². The summed E-state index contributed by atoms with van der Waals surface area (Å²) in [5.41, 5.74) is 2.38. The lowest BCUT2D eigenvalue weighted by Crippen LogP contribution is -2.58. The molecule has 7 nitrogen and oxygen atoms in total. The lowest BCUT2D eigenvalue weighted by atomic mass is 9.89. The lowest BCUT2D eigenvalue weighted by Gasteiger charge is -2.45. The van der Waals surface area contributed by atoms with Gasteiger partial charge in [0.2, 0.25) is 0 Å². The molecule has 0 saturated carbocycles. The number of para-hydroxylation sites is 1. The van der Waals surface area contributed by atoms with Crippen molar-refractivity contribution in [3.63, 3.8) is 0 Å². The monoisotopic (exact) mass is 436 g/mol. The number of hydrogen-bond acceptors (Lipinski definition) is 5. The number of aromatic nitrogens is 2. The largest absolute Gasteiger partial charge is 0.483 e. The van der Waals surface area contributed by atoms with E-state index >= 15 is 0 Å². The Kier molecular flexibility index (Phi) is 6.72. The second-order valence-electron chi connectivity index (χ2n) is 8.84. The average molecular weight is 437 g/mol. The molecular formula is C25H32N4O3. The highest BCUT2D eigenvalue weighted by molar-refractivity contribution is 5.95. The first-order chi connectivity index (χ1) is 15.5. The predicted octanol–water partition coefficient (Wildman–Crippen LogP) is 3.33. The van der Waals surface area contributed by atoms with Crippen molar-refractivity contribution in [3.05, 3.63) is 53.1 Å². The van der Waals surface area contributed by atoms with E-state index in [1.165, 1.54) is 0 Å². The molecule has 1 saturated heterocycles. The fourth-order valence-electron chi connectivity index (χ4n) is 4.98. The highest BCUT2D eigenvalue weighted by Crippen LogP contribution is 2.29. The predicted molar refractivity (Wildman–Crippen MR) is 122 cm³/mol. The summed E-state index contributed by atoms with van der Waals surface area (Å²) in [4.78, 5) is 38.9. The van der Waals surface area contributed by atoms with Crippen LogP contribution in [-0.2, 0) is 11.2 Å². The summed E-state index contributed by atoms with van der Waals surface area (Å²) in [5.74, 6) is 1.36. The summed E-state index contributed by atoms with van der Waals surface area (Å²) >= 11 is 0. The van der Waals surface area contributed by atoms with Crippen LogP contribution in [0.15, 0.2) is 30.5 Å². The number of amides is 2. The molecule has 2 aliphatic rings. The van der Waals surface area contributed by atoms with Gasteiger partial charge in [-0.05, 0) is 57.6 Å². The van der Waals surface area contributed by atoms with Crippen LogP contribution in [0.4, 0.5) is 0 Å². The minimum Gasteiger partial charge on any atom is -0.483 e. The third kappa shape index (κ3) is 4.61. The molecule has 1 aromatic carbocycles. The van der Waals surface area contributed by atoms with E-state index in [0.717, 1.165) is 49.8 Å². The zero-order valence-electron chi connectivity index (χ0n) is 19.2. The number of likely N-dealkylation sites (tertiary alicyclic amines) is 1. The number of rotatable bonds is 1. The molecule has 0 spiro atoms. The summed E-state index contributed by atoms with van der Waals surface area (Å²) in [6, 6.07) is 7.89. The summed E-state index contributed by atoms with van der Waals surface area (Å²) in [6.45, 7) is 4.38. The number of ether oxygens (including phenoxy) is 1. The molecule has 0 aliphatic carbocycles. The number of fused-ring (bicyclic) bond motifs is 2. The molecule has 2 aromatic rings. The maximum Gasteiger partial charge on any atom is 0.260 e. The van der Waals surface area contributed by atoms with Gasteiger partial charge >= 0.3 is 0 Å². The Morgan fingerprint density at radius 1 is 1.09 bits per heavy atom. The summed E-state index contributed by atoms with van der Waals surface area (Å²) in [6.07, 6.45) is 7.13. The zero-order valence-corrected chi connectivity index (χ0v) is 19.2. The first-order valence-corrected chi connectivity index (χ1v) is 11.5. The maximum atomic E-state index is 13.5. The van der Waals surface area contributed by atoms with Gasteiger partial charge in [0.25, 0.3) is 11.8 Å². The van der Waals surface area contributed by atoms with Gasteiger partial charge in [0.15, 0.2) is 6.61 Å². The van der Waals surface area contributed by atoms with E-state index in [0.29, 0.717) is 23.6 Å². The van der Waals surface area contributed by atoms with Gasteiger partial charge in [-0.2, -0.15) is 0 Å². The van der Waals surface area contributed by atoms with Gasteiger partial charge in [0, 0.05) is 19.8 Å². The van der Waals surface area contributed by atoms with Gasteiger partial charge < -0.3 is 14.5 Å². The lowest BCUT2D eigenvalue weighted by molar-refractivity contribution is -0.136. The van der Waals surface area contributed by atoms with Crippen molar-refractivity contribution in [3.8, 4) is 5.75 Å². The normalized spacial score (nSPS) is 22.2. The van der Waals surface area contributed by atoms with E-state index in [2.05, 4.69) is 16.0 Å². The van der Waals surface area contributed by atoms with Crippen LogP contribution in [0.5, 0.6) is 5.75 Å². The Bertz CT molecular complexity index is 993. The highest BCUT2D eigenvalue weighted by Gasteiger charge is 2.38. The van der Waals surface area contributed by atoms with E-state index in [-0.39, 0.29) is 30.5 Å². The van der Waals surface area contributed by atoms with E-state index < -0.39 is 0 Å². The number of likely N-dealkylation sites (N-methyl/N-ethyl adjacent to an activating group) is 1. The van der Waals surface area contributed by atoms with Gasteiger partial charge in [-0.25, -0.2) is 9.97 Å². The van der Waals surface area contributed by atoms with Gasteiger partial charge in [-0.1, -0.05) is 24.6 Å². The summed E-state index contributed by atoms with van der Waals surface area (Å²) in [7, 11) is 1.84. The van der Waals surface area contributed by atoms with Crippen molar-refractivity contribution in [2.24, 2.45) is 0 Å². The van der Waals surface area contributed by atoms with Crippen molar-refractivity contribution in [2.75, 3.05) is 20.2 Å². The van der Waals surface area contributed by atoms with Crippen molar-refractivity contribution >= 4 is 11.8 Å². The van der Waals surface area contributed by atoms with Gasteiger partial charge in [0.1, 0.15) is 11.6 Å². The van der Waals surface area contributed by atoms with Crippen LogP contribution >= 0.6 is 0 Å². The number of aryl methyl sites for hydroxylation is 3. The molecule has 7 heteroatoms. The molecule has 32 heavy (non-hydrogen) atoms. The summed E-state index contributed by atoms with van der Waals surface area (Å²) < 4.78 is 5.91. The number of benzene rings is 1. The molecule has 2 amide bonds.